The lowest BCUT2D eigenvalue weighted by Gasteiger charge is -2.02. The lowest BCUT2D eigenvalue weighted by Crippen LogP contribution is -2.18. The third kappa shape index (κ3) is 3.87. The summed E-state index contributed by atoms with van der Waals surface area (Å²) in [4.78, 5) is 5.64. The van der Waals surface area contributed by atoms with Crippen LogP contribution in [0.3, 0.4) is 0 Å². The van der Waals surface area contributed by atoms with E-state index in [2.05, 4.69) is 24.1 Å². The van der Waals surface area contributed by atoms with E-state index < -0.39 is 0 Å². The van der Waals surface area contributed by atoms with Crippen molar-refractivity contribution in [2.24, 2.45) is 0 Å². The van der Waals surface area contributed by atoms with E-state index in [-0.39, 0.29) is 0 Å². The zero-order valence-electron chi connectivity index (χ0n) is 8.47. The number of aromatic nitrogens is 1. The number of aryl methyl sites for hydroxylation is 1. The molecule has 74 valence electrons. The molecule has 0 aromatic carbocycles. The molecule has 1 N–H and O–H groups in total. The van der Waals surface area contributed by atoms with E-state index in [1.54, 1.807) is 11.3 Å². The van der Waals surface area contributed by atoms with Crippen LogP contribution in [0.15, 0.2) is 5.51 Å². The van der Waals surface area contributed by atoms with Gasteiger partial charge in [-0.15, -0.1) is 11.3 Å². The largest absolute Gasteiger partial charge is 0.316 e. The lowest BCUT2D eigenvalue weighted by molar-refractivity contribution is 0.641. The molecule has 0 spiro atoms. The van der Waals surface area contributed by atoms with Crippen LogP contribution < -0.4 is 5.32 Å². The van der Waals surface area contributed by atoms with Crippen molar-refractivity contribution in [3.63, 3.8) is 0 Å². The molecule has 0 aliphatic carbocycles. The van der Waals surface area contributed by atoms with Crippen molar-refractivity contribution in [2.75, 3.05) is 13.1 Å². The maximum absolute atomic E-state index is 4.22. The first-order valence-electron chi connectivity index (χ1n) is 4.94. The highest BCUT2D eigenvalue weighted by Gasteiger charge is 1.99. The molecule has 1 aromatic heterocycles. The van der Waals surface area contributed by atoms with Crippen molar-refractivity contribution >= 4 is 11.3 Å². The lowest BCUT2D eigenvalue weighted by atomic mass is 10.3. The summed E-state index contributed by atoms with van der Waals surface area (Å²) in [6.07, 6.45) is 3.68. The van der Waals surface area contributed by atoms with Gasteiger partial charge >= 0.3 is 0 Å². The van der Waals surface area contributed by atoms with E-state index >= 15 is 0 Å². The maximum atomic E-state index is 4.22. The highest BCUT2D eigenvalue weighted by atomic mass is 32.1. The van der Waals surface area contributed by atoms with Crippen LogP contribution in [-0.4, -0.2) is 18.1 Å². The van der Waals surface area contributed by atoms with E-state index in [0.29, 0.717) is 0 Å². The van der Waals surface area contributed by atoms with Crippen LogP contribution in [0.5, 0.6) is 0 Å². The average molecular weight is 198 g/mol. The summed E-state index contributed by atoms with van der Waals surface area (Å²) < 4.78 is 0. The van der Waals surface area contributed by atoms with Crippen molar-refractivity contribution < 1.29 is 0 Å². The van der Waals surface area contributed by atoms with Crippen molar-refractivity contribution in [3.8, 4) is 0 Å². The quantitative estimate of drug-likeness (QED) is 0.710. The Bertz CT molecular complexity index is 233. The topological polar surface area (TPSA) is 24.9 Å². The molecule has 0 radical (unpaired) electrons. The second kappa shape index (κ2) is 6.11. The Kier molecular flexibility index (Phi) is 5.01. The molecule has 1 rings (SSSR count). The normalized spacial score (nSPS) is 10.6. The second-order valence-corrected chi connectivity index (χ2v) is 4.15. The zero-order chi connectivity index (χ0) is 9.52. The van der Waals surface area contributed by atoms with Crippen molar-refractivity contribution in [1.82, 2.24) is 10.3 Å². The van der Waals surface area contributed by atoms with Gasteiger partial charge in [0, 0.05) is 11.4 Å². The first-order valence-corrected chi connectivity index (χ1v) is 5.82. The Morgan fingerprint density at radius 2 is 2.31 bits per heavy atom. The minimum absolute atomic E-state index is 1.09. The van der Waals surface area contributed by atoms with Crippen LogP contribution in [0.25, 0.3) is 0 Å². The number of unbranched alkanes of at least 4 members (excludes halogenated alkanes) is 1. The Labute approximate surface area is 84.4 Å². The minimum Gasteiger partial charge on any atom is -0.316 e. The smallest absolute Gasteiger partial charge is 0.0797 e. The van der Waals surface area contributed by atoms with E-state index in [1.807, 2.05) is 5.51 Å². The molecule has 0 bridgehead atoms. The van der Waals surface area contributed by atoms with Crippen LogP contribution in [0, 0.1) is 6.92 Å². The number of nitrogens with one attached hydrogen (secondary N) is 1. The third-order valence-corrected chi connectivity index (χ3v) is 3.08. The number of rotatable bonds is 6. The highest BCUT2D eigenvalue weighted by Crippen LogP contribution is 2.11. The SMILES string of the molecule is CCCCNCCc1scnc1C. The number of hydrogen-bond donors (Lipinski definition) is 1. The fraction of sp³-hybridized carbons (Fsp3) is 0.700. The standard InChI is InChI=1S/C10H18N2S/c1-3-4-6-11-7-5-10-9(2)12-8-13-10/h8,11H,3-7H2,1-2H3. The second-order valence-electron chi connectivity index (χ2n) is 3.21. The minimum atomic E-state index is 1.09. The Balaban J connectivity index is 2.10. The summed E-state index contributed by atoms with van der Waals surface area (Å²) in [5.74, 6) is 0. The van der Waals surface area contributed by atoms with E-state index in [0.717, 1.165) is 19.5 Å². The zero-order valence-corrected chi connectivity index (χ0v) is 9.28. The maximum Gasteiger partial charge on any atom is 0.0797 e. The average Bonchev–Trinajstić information content (AvgIpc) is 2.52. The molecule has 0 amide bonds. The predicted octanol–water partition coefficient (Wildman–Crippen LogP) is 2.38. The van der Waals surface area contributed by atoms with Crippen LogP contribution in [-0.2, 0) is 6.42 Å². The first kappa shape index (κ1) is 10.7. The summed E-state index contributed by atoms with van der Waals surface area (Å²) >= 11 is 1.76. The number of hydrogen-bond acceptors (Lipinski definition) is 3. The van der Waals surface area contributed by atoms with Gasteiger partial charge in [0.05, 0.1) is 11.2 Å². The monoisotopic (exact) mass is 198 g/mol. The van der Waals surface area contributed by atoms with E-state index in [1.165, 1.54) is 23.4 Å². The fourth-order valence-corrected chi connectivity index (χ4v) is 1.98. The molecule has 0 saturated heterocycles. The van der Waals surface area contributed by atoms with Gasteiger partial charge in [-0.2, -0.15) is 0 Å². The molecule has 0 aliphatic heterocycles. The molecule has 0 fully saturated rings. The van der Waals surface area contributed by atoms with E-state index in [4.69, 9.17) is 0 Å². The van der Waals surface area contributed by atoms with Crippen LogP contribution in [0.4, 0.5) is 0 Å². The Hall–Kier alpha value is -0.410. The molecule has 1 heterocycles. The summed E-state index contributed by atoms with van der Waals surface area (Å²) in [7, 11) is 0. The summed E-state index contributed by atoms with van der Waals surface area (Å²) in [5.41, 5.74) is 3.12. The van der Waals surface area contributed by atoms with Gasteiger partial charge in [0.2, 0.25) is 0 Å². The molecular weight excluding hydrogens is 180 g/mol. The molecule has 3 heteroatoms. The van der Waals surface area contributed by atoms with Gasteiger partial charge in [0.25, 0.3) is 0 Å². The summed E-state index contributed by atoms with van der Waals surface area (Å²) in [6, 6.07) is 0. The molecule has 13 heavy (non-hydrogen) atoms. The van der Waals surface area contributed by atoms with Crippen LogP contribution >= 0.6 is 11.3 Å². The van der Waals surface area contributed by atoms with Gasteiger partial charge in [0.1, 0.15) is 0 Å². The van der Waals surface area contributed by atoms with Gasteiger partial charge in [-0.05, 0) is 26.3 Å². The van der Waals surface area contributed by atoms with Crippen LogP contribution in [0.1, 0.15) is 30.3 Å². The summed E-state index contributed by atoms with van der Waals surface area (Å²) in [6.45, 7) is 6.53. The molecular formula is C10H18N2S. The van der Waals surface area contributed by atoms with Gasteiger partial charge in [-0.3, -0.25) is 0 Å². The predicted molar refractivity (Wildman–Crippen MR) is 58.3 cm³/mol. The third-order valence-electron chi connectivity index (χ3n) is 2.08. The van der Waals surface area contributed by atoms with Gasteiger partial charge < -0.3 is 5.32 Å². The number of nitrogens with zero attached hydrogens (tertiary/aromatic N) is 1. The Morgan fingerprint density at radius 3 is 2.92 bits per heavy atom. The van der Waals surface area contributed by atoms with Crippen molar-refractivity contribution in [2.45, 2.75) is 33.1 Å². The molecule has 1 aromatic rings. The van der Waals surface area contributed by atoms with Gasteiger partial charge in [-0.1, -0.05) is 13.3 Å². The molecule has 0 unspecified atom stereocenters. The Morgan fingerprint density at radius 1 is 1.46 bits per heavy atom. The van der Waals surface area contributed by atoms with Gasteiger partial charge in [0.15, 0.2) is 0 Å². The molecule has 0 saturated carbocycles. The number of thiazole rings is 1. The molecule has 0 atom stereocenters. The first-order chi connectivity index (χ1) is 6.34. The van der Waals surface area contributed by atoms with Crippen molar-refractivity contribution in [1.29, 1.82) is 0 Å². The molecule has 2 nitrogen and oxygen atoms in total. The highest BCUT2D eigenvalue weighted by molar-refractivity contribution is 7.09. The summed E-state index contributed by atoms with van der Waals surface area (Å²) in [5, 5.41) is 3.43. The van der Waals surface area contributed by atoms with E-state index in [9.17, 15) is 0 Å². The van der Waals surface area contributed by atoms with Crippen molar-refractivity contribution in [3.05, 3.63) is 16.1 Å². The van der Waals surface area contributed by atoms with Crippen LogP contribution in [0.2, 0.25) is 0 Å². The van der Waals surface area contributed by atoms with Gasteiger partial charge in [-0.25, -0.2) is 4.98 Å². The fourth-order valence-electron chi connectivity index (χ4n) is 1.19. The molecule has 0 aliphatic rings.